The normalized spacial score (nSPS) is 19.5. The number of benzene rings is 3. The third-order valence-corrected chi connectivity index (χ3v) is 8.03. The molecule has 3 aromatic rings. The monoisotopic (exact) mass is 638 g/mol. The molecule has 1 aliphatic carbocycles. The van der Waals surface area contributed by atoms with Crippen molar-refractivity contribution in [1.82, 2.24) is 10.2 Å². The average Bonchev–Trinajstić information content (AvgIpc) is 2.95. The third-order valence-electron chi connectivity index (χ3n) is 7.38. The number of carbonyl (C=O) groups is 2. The molecule has 0 aromatic heterocycles. The minimum Gasteiger partial charge on any atom is -0.492 e. The average molecular weight is 640 g/mol. The second-order valence-corrected chi connectivity index (χ2v) is 12.1. The number of carbonyl (C=O) groups excluding carboxylic acids is 2. The fourth-order valence-electron chi connectivity index (χ4n) is 5.34. The Morgan fingerprint density at radius 2 is 1.49 bits per heavy atom. The summed E-state index contributed by atoms with van der Waals surface area (Å²) in [6.45, 7) is 6.67. The molecule has 0 bridgehead atoms. The Bertz CT molecular complexity index is 1430. The lowest BCUT2D eigenvalue weighted by molar-refractivity contribution is -0.113. The van der Waals surface area contributed by atoms with Crippen molar-refractivity contribution in [1.29, 1.82) is 0 Å². The van der Waals surface area contributed by atoms with Gasteiger partial charge in [-0.05, 0) is 103 Å². The van der Waals surface area contributed by atoms with Gasteiger partial charge < -0.3 is 14.8 Å². The molecule has 6 nitrogen and oxygen atoms in total. The molecule has 1 aliphatic heterocycles. The van der Waals surface area contributed by atoms with Gasteiger partial charge in [-0.2, -0.15) is 0 Å². The number of hydrogen-bond acceptors (Lipinski definition) is 5. The van der Waals surface area contributed by atoms with Crippen LogP contribution in [0.2, 0.25) is 15.1 Å². The van der Waals surface area contributed by atoms with Crippen LogP contribution in [0.5, 0.6) is 5.75 Å². The first kappa shape index (κ1) is 31.3. The number of Topliss-reactive ketones (excluding diaryl/α,β-unsaturated/α-hetero) is 1. The number of ether oxygens (including phenoxy) is 2. The van der Waals surface area contributed by atoms with Gasteiger partial charge in [0.05, 0.1) is 13.2 Å². The molecule has 224 valence electrons. The number of amides is 1. The Morgan fingerprint density at radius 3 is 2.09 bits per heavy atom. The van der Waals surface area contributed by atoms with Crippen LogP contribution in [-0.4, -0.2) is 62.1 Å². The van der Waals surface area contributed by atoms with Crippen molar-refractivity contribution in [3.05, 3.63) is 109 Å². The van der Waals surface area contributed by atoms with Gasteiger partial charge in [-0.25, -0.2) is 0 Å². The zero-order chi connectivity index (χ0) is 30.3. The summed E-state index contributed by atoms with van der Waals surface area (Å²) in [6.07, 6.45) is 4.38. The van der Waals surface area contributed by atoms with Gasteiger partial charge in [-0.3, -0.25) is 14.5 Å². The highest BCUT2D eigenvalue weighted by molar-refractivity contribution is 6.35. The molecule has 43 heavy (non-hydrogen) atoms. The summed E-state index contributed by atoms with van der Waals surface area (Å²) in [5.41, 5.74) is 4.20. The molecule has 0 radical (unpaired) electrons. The number of aryl methyl sites for hydroxylation is 1. The maximum absolute atomic E-state index is 13.6. The summed E-state index contributed by atoms with van der Waals surface area (Å²) in [6, 6.07) is 17.6. The second-order valence-electron chi connectivity index (χ2n) is 10.8. The third kappa shape index (κ3) is 8.94. The fraction of sp³-hybridized carbons (Fsp3) is 0.294. The molecule has 1 heterocycles. The topological polar surface area (TPSA) is 67.9 Å². The molecule has 2 fully saturated rings. The van der Waals surface area contributed by atoms with Gasteiger partial charge >= 0.3 is 0 Å². The number of ketones is 1. The Hall–Kier alpha value is -3.13. The van der Waals surface area contributed by atoms with Crippen LogP contribution in [0.3, 0.4) is 0 Å². The molecular formula is C34H33Cl3N2O4. The van der Waals surface area contributed by atoms with Gasteiger partial charge in [0.1, 0.15) is 12.4 Å². The summed E-state index contributed by atoms with van der Waals surface area (Å²) >= 11 is 18.7. The predicted octanol–water partition coefficient (Wildman–Crippen LogP) is 7.29. The van der Waals surface area contributed by atoms with E-state index in [9.17, 15) is 9.59 Å². The van der Waals surface area contributed by atoms with Crippen LogP contribution in [0.4, 0.5) is 0 Å². The van der Waals surface area contributed by atoms with Gasteiger partial charge in [0.15, 0.2) is 5.78 Å². The Kier molecular flexibility index (Phi) is 10.6. The van der Waals surface area contributed by atoms with Crippen molar-refractivity contribution in [2.45, 2.75) is 25.8 Å². The van der Waals surface area contributed by atoms with Crippen molar-refractivity contribution < 1.29 is 19.1 Å². The van der Waals surface area contributed by atoms with E-state index in [0.29, 0.717) is 57.0 Å². The van der Waals surface area contributed by atoms with E-state index in [2.05, 4.69) is 10.2 Å². The lowest BCUT2D eigenvalue weighted by Crippen LogP contribution is -2.39. The quantitative estimate of drug-likeness (QED) is 0.262. The number of halogens is 3. The number of nitrogens with zero attached hydrogens (tertiary/aromatic N) is 1. The van der Waals surface area contributed by atoms with Gasteiger partial charge in [-0.1, -0.05) is 40.9 Å². The first-order chi connectivity index (χ1) is 20.7. The zero-order valence-corrected chi connectivity index (χ0v) is 26.1. The highest BCUT2D eigenvalue weighted by Gasteiger charge is 2.29. The molecule has 1 unspecified atom stereocenters. The van der Waals surface area contributed by atoms with E-state index in [1.165, 1.54) is 0 Å². The molecule has 5 rings (SSSR count). The molecule has 3 aromatic carbocycles. The first-order valence-electron chi connectivity index (χ1n) is 14.2. The number of morpholine rings is 1. The standard InChI is InChI=1S/C34H33Cl3N2O4/c1-22-12-23(16-28(35)13-22)14-26-19-31(20-27(33(26)40)15-24-17-29(36)21-30(37)18-24)38-34(41)25-2-4-32(5-3-25)43-11-8-39-6-9-42-10-7-39/h2-5,12-18,21,31H,6-11,19-20H2,1H3,(H,38,41)/b26-14+,27-15+. The molecule has 2 aliphatic rings. The van der Waals surface area contributed by atoms with Gasteiger partial charge in [0.2, 0.25) is 0 Å². The minimum absolute atomic E-state index is 0.0854. The van der Waals surface area contributed by atoms with Gasteiger partial charge in [0, 0.05) is 57.5 Å². The molecule has 1 saturated heterocycles. The van der Waals surface area contributed by atoms with Crippen molar-refractivity contribution in [3.8, 4) is 5.75 Å². The highest BCUT2D eigenvalue weighted by atomic mass is 35.5. The van der Waals surface area contributed by atoms with E-state index >= 15 is 0 Å². The van der Waals surface area contributed by atoms with Gasteiger partial charge in [-0.15, -0.1) is 0 Å². The van der Waals surface area contributed by atoms with Crippen molar-refractivity contribution >= 4 is 58.6 Å². The van der Waals surface area contributed by atoms with Crippen LogP contribution in [0.1, 0.15) is 39.9 Å². The van der Waals surface area contributed by atoms with Crippen LogP contribution in [-0.2, 0) is 9.53 Å². The number of rotatable bonds is 8. The van der Waals surface area contributed by atoms with Crippen LogP contribution in [0.15, 0.2) is 71.8 Å². The molecular weight excluding hydrogens is 607 g/mol. The maximum Gasteiger partial charge on any atom is 0.251 e. The lowest BCUT2D eigenvalue weighted by Gasteiger charge is -2.27. The van der Waals surface area contributed by atoms with E-state index in [0.717, 1.165) is 49.5 Å². The molecule has 0 spiro atoms. The van der Waals surface area contributed by atoms with Gasteiger partial charge in [0.25, 0.3) is 5.91 Å². The van der Waals surface area contributed by atoms with Crippen molar-refractivity contribution in [2.24, 2.45) is 0 Å². The molecule has 1 N–H and O–H groups in total. The summed E-state index contributed by atoms with van der Waals surface area (Å²) in [7, 11) is 0. The smallest absolute Gasteiger partial charge is 0.251 e. The SMILES string of the molecule is Cc1cc(Cl)cc(/C=C2\CC(NC(=O)c3ccc(OCCN4CCOCC4)cc3)C/C(=C\c3cc(Cl)cc(Cl)c3)C2=O)c1. The predicted molar refractivity (Wildman–Crippen MR) is 173 cm³/mol. The largest absolute Gasteiger partial charge is 0.492 e. The molecule has 1 saturated carbocycles. The van der Waals surface area contributed by atoms with E-state index in [1.54, 1.807) is 48.5 Å². The summed E-state index contributed by atoms with van der Waals surface area (Å²) in [5.74, 6) is 0.403. The molecule has 1 atom stereocenters. The van der Waals surface area contributed by atoms with Crippen LogP contribution < -0.4 is 10.1 Å². The van der Waals surface area contributed by atoms with E-state index in [4.69, 9.17) is 44.3 Å². The molecule has 9 heteroatoms. The van der Waals surface area contributed by atoms with E-state index in [1.807, 2.05) is 31.2 Å². The Labute approximate surface area is 267 Å². The van der Waals surface area contributed by atoms with Crippen LogP contribution in [0.25, 0.3) is 12.2 Å². The molecule has 1 amide bonds. The fourth-order valence-corrected chi connectivity index (χ4v) is 6.18. The summed E-state index contributed by atoms with van der Waals surface area (Å²) < 4.78 is 11.3. The zero-order valence-electron chi connectivity index (χ0n) is 23.9. The maximum atomic E-state index is 13.6. The second kappa shape index (κ2) is 14.6. The lowest BCUT2D eigenvalue weighted by atomic mass is 9.83. The first-order valence-corrected chi connectivity index (χ1v) is 15.4. The Morgan fingerprint density at radius 1 is 0.907 bits per heavy atom. The van der Waals surface area contributed by atoms with Crippen LogP contribution >= 0.6 is 34.8 Å². The minimum atomic E-state index is -0.304. The Balaban J connectivity index is 1.31. The van der Waals surface area contributed by atoms with Crippen molar-refractivity contribution in [3.63, 3.8) is 0 Å². The van der Waals surface area contributed by atoms with E-state index < -0.39 is 0 Å². The summed E-state index contributed by atoms with van der Waals surface area (Å²) in [5, 5.41) is 4.68. The number of hydrogen-bond donors (Lipinski definition) is 1. The number of nitrogens with one attached hydrogen (secondary N) is 1. The van der Waals surface area contributed by atoms with Crippen molar-refractivity contribution in [2.75, 3.05) is 39.5 Å². The summed E-state index contributed by atoms with van der Waals surface area (Å²) in [4.78, 5) is 29.2. The highest BCUT2D eigenvalue weighted by Crippen LogP contribution is 2.31. The van der Waals surface area contributed by atoms with E-state index in [-0.39, 0.29) is 17.7 Å². The van der Waals surface area contributed by atoms with Crippen LogP contribution in [0, 0.1) is 6.92 Å².